The number of aliphatic hydroxyl groups is 2. The molecule has 0 bridgehead atoms. The minimum Gasteiger partial charge on any atom is -0.393 e. The number of rotatable bonds is 0. The van der Waals surface area contributed by atoms with Crippen LogP contribution in [0.15, 0.2) is 0 Å². The van der Waals surface area contributed by atoms with Crippen molar-refractivity contribution in [2.24, 2.45) is 35.0 Å². The van der Waals surface area contributed by atoms with Crippen molar-refractivity contribution in [2.75, 3.05) is 0 Å². The van der Waals surface area contributed by atoms with Crippen molar-refractivity contribution in [3.8, 4) is 0 Å². The quantitative estimate of drug-likeness (QED) is 0.713. The molecule has 2 N–H and O–H groups in total. The van der Waals surface area contributed by atoms with Gasteiger partial charge in [-0.05, 0) is 92.8 Å². The Bertz CT molecular complexity index is 382. The number of hydrogen-bond acceptors (Lipinski definition) is 2. The zero-order chi connectivity index (χ0) is 13.9. The van der Waals surface area contributed by atoms with E-state index in [9.17, 15) is 10.2 Å². The molecule has 2 nitrogen and oxygen atoms in total. The number of fused-ring (bicyclic) bond motifs is 5. The Morgan fingerprint density at radius 1 is 0.800 bits per heavy atom. The van der Waals surface area contributed by atoms with E-state index < -0.39 is 0 Å². The summed E-state index contributed by atoms with van der Waals surface area (Å²) in [6.45, 7) is 2.36. The first kappa shape index (κ1) is 13.6. The first-order valence-electron chi connectivity index (χ1n) is 8.95. The highest BCUT2D eigenvalue weighted by Crippen LogP contribution is 2.62. The monoisotopic (exact) mass is 278 g/mol. The molecule has 0 saturated heterocycles. The molecule has 0 spiro atoms. The predicted molar refractivity (Wildman–Crippen MR) is 79.1 cm³/mol. The van der Waals surface area contributed by atoms with Gasteiger partial charge in [-0.15, -0.1) is 0 Å². The van der Waals surface area contributed by atoms with E-state index in [4.69, 9.17) is 0 Å². The van der Waals surface area contributed by atoms with Crippen molar-refractivity contribution in [3.63, 3.8) is 0 Å². The average Bonchev–Trinajstić information content (AvgIpc) is 2.74. The predicted octanol–water partition coefficient (Wildman–Crippen LogP) is 3.36. The lowest BCUT2D eigenvalue weighted by molar-refractivity contribution is -0.0913. The molecule has 114 valence electrons. The third-order valence-electron chi connectivity index (χ3n) is 7.88. The van der Waals surface area contributed by atoms with Crippen molar-refractivity contribution in [1.82, 2.24) is 0 Å². The van der Waals surface area contributed by atoms with Crippen LogP contribution in [-0.2, 0) is 0 Å². The summed E-state index contributed by atoms with van der Waals surface area (Å²) in [5.74, 6) is 4.26. The minimum absolute atomic E-state index is 0.0186. The van der Waals surface area contributed by atoms with Gasteiger partial charge in [-0.25, -0.2) is 0 Å². The lowest BCUT2D eigenvalue weighted by Crippen LogP contribution is -2.49. The first-order valence-corrected chi connectivity index (χ1v) is 8.95. The lowest BCUT2D eigenvalue weighted by atomic mass is 9.50. The molecule has 0 aromatic carbocycles. The van der Waals surface area contributed by atoms with E-state index in [1.54, 1.807) is 0 Å². The van der Waals surface area contributed by atoms with Crippen molar-refractivity contribution in [1.29, 1.82) is 0 Å². The van der Waals surface area contributed by atoms with Crippen LogP contribution in [0.4, 0.5) is 0 Å². The third kappa shape index (κ3) is 1.83. The number of aliphatic hydroxyl groups excluding tert-OH is 2. The van der Waals surface area contributed by atoms with Crippen LogP contribution in [0.3, 0.4) is 0 Å². The smallest absolute Gasteiger partial charge is 0.0596 e. The molecule has 8 atom stereocenters. The molecular formula is C18H30O2. The zero-order valence-electron chi connectivity index (χ0n) is 12.8. The Morgan fingerprint density at radius 3 is 2.45 bits per heavy atom. The molecule has 0 unspecified atom stereocenters. The van der Waals surface area contributed by atoms with Gasteiger partial charge in [0.1, 0.15) is 0 Å². The highest BCUT2D eigenvalue weighted by Gasteiger charge is 2.56. The molecule has 0 aromatic heterocycles. The van der Waals surface area contributed by atoms with Gasteiger partial charge in [-0.2, -0.15) is 0 Å². The molecule has 4 aliphatic carbocycles. The molecule has 0 amide bonds. The Morgan fingerprint density at radius 2 is 1.60 bits per heavy atom. The number of hydrogen-bond donors (Lipinski definition) is 2. The van der Waals surface area contributed by atoms with Crippen LogP contribution in [0.5, 0.6) is 0 Å². The van der Waals surface area contributed by atoms with E-state index in [-0.39, 0.29) is 17.6 Å². The van der Waals surface area contributed by atoms with E-state index in [1.165, 1.54) is 38.5 Å². The molecule has 0 heterocycles. The maximum Gasteiger partial charge on any atom is 0.0596 e. The van der Waals surface area contributed by atoms with E-state index in [1.807, 2.05) is 0 Å². The third-order valence-corrected chi connectivity index (χ3v) is 7.88. The summed E-state index contributed by atoms with van der Waals surface area (Å²) < 4.78 is 0. The molecule has 2 heteroatoms. The normalized spacial score (nSPS) is 58.6. The molecule has 0 radical (unpaired) electrons. The van der Waals surface area contributed by atoms with E-state index in [2.05, 4.69) is 6.92 Å². The summed E-state index contributed by atoms with van der Waals surface area (Å²) in [7, 11) is 0. The maximum atomic E-state index is 10.4. The fraction of sp³-hybridized carbons (Fsp3) is 1.00. The Hall–Kier alpha value is -0.0800. The fourth-order valence-electron chi connectivity index (χ4n) is 6.80. The van der Waals surface area contributed by atoms with Gasteiger partial charge in [-0.3, -0.25) is 0 Å². The highest BCUT2D eigenvalue weighted by atomic mass is 16.3. The molecule has 20 heavy (non-hydrogen) atoms. The summed E-state index contributed by atoms with van der Waals surface area (Å²) in [4.78, 5) is 0. The van der Waals surface area contributed by atoms with Gasteiger partial charge < -0.3 is 10.2 Å². The maximum absolute atomic E-state index is 10.4. The van der Waals surface area contributed by atoms with Gasteiger partial charge in [0.25, 0.3) is 0 Å². The van der Waals surface area contributed by atoms with E-state index in [0.717, 1.165) is 48.9 Å². The average molecular weight is 278 g/mol. The SMILES string of the molecule is C[C@]12CC[C@H]3[C@@H](CC[C@H]4C[C@@H](O)CC[C@@H]43)[C@@H]1CC[C@@H]2O. The molecule has 0 aromatic rings. The molecule has 4 aliphatic rings. The fourth-order valence-corrected chi connectivity index (χ4v) is 6.80. The van der Waals surface area contributed by atoms with Gasteiger partial charge in [-0.1, -0.05) is 6.92 Å². The minimum atomic E-state index is -0.0423. The summed E-state index contributed by atoms with van der Waals surface area (Å²) in [5.41, 5.74) is 0.224. The van der Waals surface area contributed by atoms with Crippen LogP contribution in [-0.4, -0.2) is 22.4 Å². The van der Waals surface area contributed by atoms with Crippen LogP contribution in [0.2, 0.25) is 0 Å². The summed E-state index contributed by atoms with van der Waals surface area (Å²) in [5, 5.41) is 20.3. The van der Waals surface area contributed by atoms with Crippen LogP contribution >= 0.6 is 0 Å². The largest absolute Gasteiger partial charge is 0.393 e. The van der Waals surface area contributed by atoms with Gasteiger partial charge >= 0.3 is 0 Å². The van der Waals surface area contributed by atoms with Gasteiger partial charge in [0.05, 0.1) is 12.2 Å². The second-order valence-corrected chi connectivity index (χ2v) is 8.54. The summed E-state index contributed by atoms with van der Waals surface area (Å²) in [6.07, 6.45) is 10.9. The molecular weight excluding hydrogens is 248 g/mol. The van der Waals surface area contributed by atoms with Crippen molar-refractivity contribution < 1.29 is 10.2 Å². The molecule has 4 fully saturated rings. The topological polar surface area (TPSA) is 40.5 Å². The Kier molecular flexibility index (Phi) is 3.20. The van der Waals surface area contributed by atoms with Crippen LogP contribution in [0.1, 0.15) is 64.7 Å². The van der Waals surface area contributed by atoms with Crippen molar-refractivity contribution in [2.45, 2.75) is 76.9 Å². The van der Waals surface area contributed by atoms with Crippen LogP contribution in [0, 0.1) is 35.0 Å². The Balaban J connectivity index is 1.57. The lowest BCUT2D eigenvalue weighted by Gasteiger charge is -2.55. The molecule has 4 rings (SSSR count). The second kappa shape index (κ2) is 4.71. The van der Waals surface area contributed by atoms with Crippen LogP contribution in [0.25, 0.3) is 0 Å². The molecule has 0 aliphatic heterocycles. The van der Waals surface area contributed by atoms with Gasteiger partial charge in [0.2, 0.25) is 0 Å². The van der Waals surface area contributed by atoms with Gasteiger partial charge in [0, 0.05) is 0 Å². The zero-order valence-corrected chi connectivity index (χ0v) is 12.8. The highest BCUT2D eigenvalue weighted by molar-refractivity contribution is 5.06. The van der Waals surface area contributed by atoms with Gasteiger partial charge in [0.15, 0.2) is 0 Å². The van der Waals surface area contributed by atoms with Crippen molar-refractivity contribution >= 4 is 0 Å². The van der Waals surface area contributed by atoms with Crippen molar-refractivity contribution in [3.05, 3.63) is 0 Å². The summed E-state index contributed by atoms with van der Waals surface area (Å²) in [6, 6.07) is 0. The summed E-state index contributed by atoms with van der Waals surface area (Å²) >= 11 is 0. The first-order chi connectivity index (χ1) is 9.59. The standard InChI is InChI=1S/C18H30O2/c1-18-9-8-14-13-5-3-12(19)10-11(13)2-4-15(14)16(18)6-7-17(18)20/h11-17,19-20H,2-10H2,1H3/t11-,12-,13-,14+,15+,16-,17-,18-/m0/s1. The van der Waals surface area contributed by atoms with E-state index in [0.29, 0.717) is 0 Å². The van der Waals surface area contributed by atoms with Crippen LogP contribution < -0.4 is 0 Å². The van der Waals surface area contributed by atoms with E-state index >= 15 is 0 Å². The Labute approximate surface area is 123 Å². The second-order valence-electron chi connectivity index (χ2n) is 8.54. The molecule has 4 saturated carbocycles.